The summed E-state index contributed by atoms with van der Waals surface area (Å²) in [5.74, 6) is -0.231. The third-order valence-corrected chi connectivity index (χ3v) is 4.39. The molecular weight excluding hydrogens is 288 g/mol. The maximum Gasteiger partial charge on any atom is 0.344 e. The van der Waals surface area contributed by atoms with Gasteiger partial charge in [-0.2, -0.15) is 0 Å². The number of hydrogen-bond acceptors (Lipinski definition) is 2. The van der Waals surface area contributed by atoms with Crippen LogP contribution in [0.1, 0.15) is 43.7 Å². The zero-order valence-electron chi connectivity index (χ0n) is 13.4. The van der Waals surface area contributed by atoms with Crippen molar-refractivity contribution in [2.75, 3.05) is 0 Å². The van der Waals surface area contributed by atoms with Crippen LogP contribution < -0.4 is 4.74 Å². The van der Waals surface area contributed by atoms with Gasteiger partial charge in [0.15, 0.2) is 6.10 Å². The molecule has 0 amide bonds. The first-order chi connectivity index (χ1) is 11.2. The lowest BCUT2D eigenvalue weighted by Crippen LogP contribution is -2.26. The highest BCUT2D eigenvalue weighted by atomic mass is 16.5. The second kappa shape index (κ2) is 6.86. The number of hydrogen-bond donors (Lipinski definition) is 1. The number of benzene rings is 2. The third kappa shape index (κ3) is 3.39. The van der Waals surface area contributed by atoms with Gasteiger partial charge in [-0.05, 0) is 53.6 Å². The van der Waals surface area contributed by atoms with Gasteiger partial charge in [0.25, 0.3) is 0 Å². The van der Waals surface area contributed by atoms with Crippen LogP contribution in [0, 0.1) is 0 Å². The molecule has 2 aromatic carbocycles. The first-order valence-corrected chi connectivity index (χ1v) is 8.29. The monoisotopic (exact) mass is 310 g/mol. The van der Waals surface area contributed by atoms with Gasteiger partial charge in [-0.25, -0.2) is 4.79 Å². The van der Waals surface area contributed by atoms with E-state index in [-0.39, 0.29) is 0 Å². The van der Waals surface area contributed by atoms with Crippen LogP contribution in [0.2, 0.25) is 0 Å². The van der Waals surface area contributed by atoms with E-state index in [0.717, 1.165) is 25.7 Å². The summed E-state index contributed by atoms with van der Waals surface area (Å²) in [5, 5.41) is 9.34. The summed E-state index contributed by atoms with van der Waals surface area (Å²) in [5.41, 5.74) is 5.02. The minimum absolute atomic E-state index is 0.556. The molecular formula is C20H22O3. The molecule has 0 heterocycles. The summed E-state index contributed by atoms with van der Waals surface area (Å²) >= 11 is 0. The van der Waals surface area contributed by atoms with Gasteiger partial charge in [0.2, 0.25) is 0 Å². The van der Waals surface area contributed by atoms with Crippen LogP contribution in [0.5, 0.6) is 5.75 Å². The normalized spacial score (nSPS) is 13.3. The minimum atomic E-state index is -0.884. The molecule has 3 nitrogen and oxygen atoms in total. The Labute approximate surface area is 136 Å². The van der Waals surface area contributed by atoms with Crippen molar-refractivity contribution in [2.24, 2.45) is 0 Å². The molecule has 120 valence electrons. The Morgan fingerprint density at radius 2 is 1.91 bits per heavy atom. The highest BCUT2D eigenvalue weighted by Crippen LogP contribution is 2.38. The Balaban J connectivity index is 1.75. The van der Waals surface area contributed by atoms with Crippen LogP contribution in [0.3, 0.4) is 0 Å². The van der Waals surface area contributed by atoms with Gasteiger partial charge in [-0.15, -0.1) is 0 Å². The zero-order chi connectivity index (χ0) is 16.2. The SMILES string of the molecule is CCCCCC(Oc1ccc2c(c1)Cc1ccccc1-2)C(=O)O. The molecule has 0 fully saturated rings. The Hall–Kier alpha value is -2.29. The van der Waals surface area contributed by atoms with Crippen molar-refractivity contribution in [1.29, 1.82) is 0 Å². The molecule has 3 heteroatoms. The smallest absolute Gasteiger partial charge is 0.344 e. The molecule has 23 heavy (non-hydrogen) atoms. The molecule has 0 saturated carbocycles. The molecule has 0 bridgehead atoms. The fraction of sp³-hybridized carbons (Fsp3) is 0.350. The van der Waals surface area contributed by atoms with Gasteiger partial charge in [0.1, 0.15) is 5.75 Å². The molecule has 1 unspecified atom stereocenters. The number of ether oxygens (including phenoxy) is 1. The van der Waals surface area contributed by atoms with E-state index in [1.807, 2.05) is 24.3 Å². The predicted molar refractivity (Wildman–Crippen MR) is 90.9 cm³/mol. The van der Waals surface area contributed by atoms with E-state index < -0.39 is 12.1 Å². The first-order valence-electron chi connectivity index (χ1n) is 8.29. The van der Waals surface area contributed by atoms with Crippen LogP contribution in [0.25, 0.3) is 11.1 Å². The van der Waals surface area contributed by atoms with Gasteiger partial charge in [-0.1, -0.05) is 50.1 Å². The number of carboxylic acid groups (broad SMARTS) is 1. The van der Waals surface area contributed by atoms with Crippen LogP contribution >= 0.6 is 0 Å². The molecule has 1 aliphatic carbocycles. The van der Waals surface area contributed by atoms with Gasteiger partial charge in [0.05, 0.1) is 0 Å². The lowest BCUT2D eigenvalue weighted by Gasteiger charge is -2.15. The van der Waals surface area contributed by atoms with Gasteiger partial charge < -0.3 is 9.84 Å². The average Bonchev–Trinajstić information content (AvgIpc) is 2.91. The summed E-state index contributed by atoms with van der Waals surface area (Å²) in [4.78, 5) is 11.4. The number of aliphatic carboxylic acids is 1. The lowest BCUT2D eigenvalue weighted by molar-refractivity contribution is -0.145. The van der Waals surface area contributed by atoms with Crippen molar-refractivity contribution < 1.29 is 14.6 Å². The van der Waals surface area contributed by atoms with Crippen molar-refractivity contribution in [1.82, 2.24) is 0 Å². The van der Waals surface area contributed by atoms with Crippen molar-refractivity contribution in [3.8, 4) is 16.9 Å². The Morgan fingerprint density at radius 3 is 2.70 bits per heavy atom. The van der Waals surface area contributed by atoms with Crippen LogP contribution in [-0.4, -0.2) is 17.2 Å². The lowest BCUT2D eigenvalue weighted by atomic mass is 10.1. The van der Waals surface area contributed by atoms with Crippen LogP contribution in [0.15, 0.2) is 42.5 Å². The van der Waals surface area contributed by atoms with Crippen molar-refractivity contribution in [2.45, 2.75) is 45.1 Å². The summed E-state index contributed by atoms with van der Waals surface area (Å²) in [6.07, 6.45) is 3.67. The van der Waals surface area contributed by atoms with E-state index in [2.05, 4.69) is 25.1 Å². The number of carbonyl (C=O) groups is 1. The molecule has 1 aliphatic rings. The third-order valence-electron chi connectivity index (χ3n) is 4.39. The second-order valence-corrected chi connectivity index (χ2v) is 6.09. The quantitative estimate of drug-likeness (QED) is 0.645. The first kappa shape index (κ1) is 15.6. The number of rotatable bonds is 7. The summed E-state index contributed by atoms with van der Waals surface area (Å²) in [7, 11) is 0. The highest BCUT2D eigenvalue weighted by molar-refractivity contribution is 5.77. The zero-order valence-corrected chi connectivity index (χ0v) is 13.4. The fourth-order valence-electron chi connectivity index (χ4n) is 3.17. The maximum atomic E-state index is 11.4. The van der Waals surface area contributed by atoms with E-state index in [0.29, 0.717) is 12.2 Å². The summed E-state index contributed by atoms with van der Waals surface area (Å²) < 4.78 is 5.75. The number of unbranched alkanes of at least 4 members (excludes halogenated alkanes) is 2. The average molecular weight is 310 g/mol. The number of carboxylic acids is 1. The molecule has 1 atom stereocenters. The Bertz CT molecular complexity index is 706. The van der Waals surface area contributed by atoms with Crippen molar-refractivity contribution in [3.63, 3.8) is 0 Å². The van der Waals surface area contributed by atoms with Gasteiger partial charge in [0, 0.05) is 0 Å². The molecule has 0 spiro atoms. The van der Waals surface area contributed by atoms with Gasteiger partial charge in [-0.3, -0.25) is 0 Å². The van der Waals surface area contributed by atoms with E-state index in [1.165, 1.54) is 22.3 Å². The fourth-order valence-corrected chi connectivity index (χ4v) is 3.17. The minimum Gasteiger partial charge on any atom is -0.479 e. The van der Waals surface area contributed by atoms with Crippen molar-refractivity contribution >= 4 is 5.97 Å². The second-order valence-electron chi connectivity index (χ2n) is 6.09. The van der Waals surface area contributed by atoms with Crippen molar-refractivity contribution in [3.05, 3.63) is 53.6 Å². The topological polar surface area (TPSA) is 46.5 Å². The molecule has 0 aromatic heterocycles. The summed E-state index contributed by atoms with van der Waals surface area (Å²) in [6, 6.07) is 14.3. The molecule has 1 N–H and O–H groups in total. The Morgan fingerprint density at radius 1 is 1.13 bits per heavy atom. The maximum absolute atomic E-state index is 11.4. The summed E-state index contributed by atoms with van der Waals surface area (Å²) in [6.45, 7) is 2.11. The molecule has 3 rings (SSSR count). The van der Waals surface area contributed by atoms with E-state index >= 15 is 0 Å². The highest BCUT2D eigenvalue weighted by Gasteiger charge is 2.22. The van der Waals surface area contributed by atoms with E-state index in [9.17, 15) is 9.90 Å². The van der Waals surface area contributed by atoms with Crippen LogP contribution in [-0.2, 0) is 11.2 Å². The van der Waals surface area contributed by atoms with E-state index in [1.54, 1.807) is 0 Å². The molecule has 0 radical (unpaired) electrons. The number of fused-ring (bicyclic) bond motifs is 3. The van der Waals surface area contributed by atoms with Crippen LogP contribution in [0.4, 0.5) is 0 Å². The Kier molecular flexibility index (Phi) is 4.65. The van der Waals surface area contributed by atoms with E-state index in [4.69, 9.17) is 4.74 Å². The molecule has 0 aliphatic heterocycles. The predicted octanol–water partition coefficient (Wildman–Crippen LogP) is 4.67. The molecule has 0 saturated heterocycles. The largest absolute Gasteiger partial charge is 0.479 e. The standard InChI is InChI=1S/C20H22O3/c1-2-3-4-9-19(20(21)22)23-16-10-11-18-15(13-16)12-14-7-5-6-8-17(14)18/h5-8,10-11,13,19H,2-4,9,12H2,1H3,(H,21,22). The van der Waals surface area contributed by atoms with Gasteiger partial charge >= 0.3 is 5.97 Å². The molecule has 2 aromatic rings.